The summed E-state index contributed by atoms with van der Waals surface area (Å²) in [7, 11) is -3.82. The maximum absolute atomic E-state index is 13.3. The topological polar surface area (TPSA) is 81.0 Å². The van der Waals surface area contributed by atoms with Gasteiger partial charge in [0.15, 0.2) is 4.80 Å². The van der Waals surface area contributed by atoms with E-state index in [-0.39, 0.29) is 4.21 Å². The lowest BCUT2D eigenvalue weighted by molar-refractivity contribution is -0.122. The molecule has 0 radical (unpaired) electrons. The van der Waals surface area contributed by atoms with Crippen molar-refractivity contribution in [2.75, 3.05) is 19.8 Å². The molecule has 1 saturated heterocycles. The monoisotopic (exact) mass is 513 g/mol. The Bertz CT molecular complexity index is 1280. The fraction of sp³-hybridized carbons (Fsp3) is 0.429. The van der Waals surface area contributed by atoms with Gasteiger partial charge in [-0.2, -0.15) is 9.30 Å². The quantitative estimate of drug-likeness (QED) is 0.445. The average Bonchev–Trinajstić information content (AvgIpc) is 3.38. The number of hydrogen-bond donors (Lipinski definition) is 0. The number of benzene rings is 1. The molecule has 0 saturated carbocycles. The normalized spacial score (nSPS) is 18.4. The number of carbonyl (C=O) groups excluding carboxylic acids is 1. The number of nitrogens with zero attached hydrogens (tertiary/aromatic N) is 3. The lowest BCUT2D eigenvalue weighted by atomic mass is 10.0. The van der Waals surface area contributed by atoms with E-state index in [2.05, 4.69) is 4.99 Å². The Balaban J connectivity index is 1.70. The van der Waals surface area contributed by atoms with Gasteiger partial charge >= 0.3 is 0 Å². The SMILES string of the molecule is CCOCCn1c(=NC(=O)C2CCCCN2S(=O)(=O)c2ccc(Cl)s2)sc2ccccc21. The Morgan fingerprint density at radius 2 is 2.03 bits per heavy atom. The van der Waals surface area contributed by atoms with Gasteiger partial charge in [0.1, 0.15) is 10.3 Å². The molecule has 0 aliphatic carbocycles. The van der Waals surface area contributed by atoms with Gasteiger partial charge in [0.05, 0.1) is 21.2 Å². The zero-order valence-corrected chi connectivity index (χ0v) is 20.8. The van der Waals surface area contributed by atoms with Gasteiger partial charge in [0.25, 0.3) is 15.9 Å². The molecule has 1 unspecified atom stereocenters. The van der Waals surface area contributed by atoms with Gasteiger partial charge in [-0.25, -0.2) is 8.42 Å². The van der Waals surface area contributed by atoms with E-state index >= 15 is 0 Å². The van der Waals surface area contributed by atoms with Crippen LogP contribution >= 0.6 is 34.3 Å². The summed E-state index contributed by atoms with van der Waals surface area (Å²) in [6, 6.07) is 10.1. The van der Waals surface area contributed by atoms with Gasteiger partial charge in [-0.3, -0.25) is 4.79 Å². The number of ether oxygens (including phenoxy) is 1. The van der Waals surface area contributed by atoms with Crippen molar-refractivity contribution in [2.45, 2.75) is 43.0 Å². The van der Waals surface area contributed by atoms with Crippen LogP contribution in [0.3, 0.4) is 0 Å². The molecule has 1 fully saturated rings. The molecule has 4 rings (SSSR count). The van der Waals surface area contributed by atoms with Crippen LogP contribution in [-0.2, 0) is 26.1 Å². The number of fused-ring (bicyclic) bond motifs is 1. The number of rotatable bonds is 7. The zero-order chi connectivity index (χ0) is 22.7. The minimum absolute atomic E-state index is 0.149. The van der Waals surface area contributed by atoms with Crippen LogP contribution in [0.1, 0.15) is 26.2 Å². The van der Waals surface area contributed by atoms with Crippen LogP contribution < -0.4 is 4.80 Å². The molecular weight excluding hydrogens is 490 g/mol. The number of halogens is 1. The lowest BCUT2D eigenvalue weighted by Crippen LogP contribution is -2.47. The van der Waals surface area contributed by atoms with Gasteiger partial charge in [0.2, 0.25) is 0 Å². The molecule has 1 aromatic carbocycles. The molecule has 0 spiro atoms. The molecule has 2 aromatic heterocycles. The maximum atomic E-state index is 13.3. The largest absolute Gasteiger partial charge is 0.380 e. The van der Waals surface area contributed by atoms with E-state index in [0.29, 0.717) is 48.3 Å². The summed E-state index contributed by atoms with van der Waals surface area (Å²) in [6.07, 6.45) is 1.93. The van der Waals surface area contributed by atoms with Crippen molar-refractivity contribution < 1.29 is 17.9 Å². The van der Waals surface area contributed by atoms with Crippen molar-refractivity contribution in [3.8, 4) is 0 Å². The molecule has 1 atom stereocenters. The van der Waals surface area contributed by atoms with Crippen LogP contribution in [0.4, 0.5) is 0 Å². The lowest BCUT2D eigenvalue weighted by Gasteiger charge is -2.31. The Hall–Kier alpha value is -1.56. The Morgan fingerprint density at radius 3 is 2.78 bits per heavy atom. The minimum Gasteiger partial charge on any atom is -0.380 e. The van der Waals surface area contributed by atoms with Gasteiger partial charge in [-0.1, -0.05) is 41.5 Å². The van der Waals surface area contributed by atoms with E-state index in [1.807, 2.05) is 35.8 Å². The molecule has 172 valence electrons. The molecule has 11 heteroatoms. The van der Waals surface area contributed by atoms with Crippen molar-refractivity contribution in [1.29, 1.82) is 0 Å². The first-order valence-corrected chi connectivity index (χ1v) is 13.9. The van der Waals surface area contributed by atoms with Crippen molar-refractivity contribution in [1.82, 2.24) is 8.87 Å². The second-order valence-corrected chi connectivity index (χ2v) is 12.2. The number of carbonyl (C=O) groups is 1. The second kappa shape index (κ2) is 10.1. The summed E-state index contributed by atoms with van der Waals surface area (Å²) in [5.74, 6) is -0.437. The highest BCUT2D eigenvalue weighted by molar-refractivity contribution is 7.91. The number of hydrogen-bond acceptors (Lipinski definition) is 6. The molecule has 1 aliphatic heterocycles. The van der Waals surface area contributed by atoms with Crippen molar-refractivity contribution in [3.63, 3.8) is 0 Å². The van der Waals surface area contributed by atoms with Crippen LogP contribution in [0.2, 0.25) is 4.34 Å². The number of sulfonamides is 1. The van der Waals surface area contributed by atoms with Gasteiger partial charge in [-0.05, 0) is 44.0 Å². The third-order valence-corrected chi connectivity index (χ3v) is 9.97. The summed E-state index contributed by atoms with van der Waals surface area (Å²) < 4.78 is 36.8. The molecule has 32 heavy (non-hydrogen) atoms. The molecular formula is C21H24ClN3O4S3. The van der Waals surface area contributed by atoms with Crippen molar-refractivity contribution in [3.05, 3.63) is 45.5 Å². The highest BCUT2D eigenvalue weighted by Crippen LogP contribution is 2.32. The van der Waals surface area contributed by atoms with Crippen LogP contribution in [0, 0.1) is 0 Å². The Morgan fingerprint density at radius 1 is 1.22 bits per heavy atom. The molecule has 1 amide bonds. The zero-order valence-electron chi connectivity index (χ0n) is 17.6. The fourth-order valence-electron chi connectivity index (χ4n) is 3.78. The summed E-state index contributed by atoms with van der Waals surface area (Å²) in [4.78, 5) is 18.3. The first-order chi connectivity index (χ1) is 15.4. The fourth-order valence-corrected chi connectivity index (χ4v) is 8.11. The molecule has 0 bridgehead atoms. The van der Waals surface area contributed by atoms with Gasteiger partial charge < -0.3 is 9.30 Å². The number of amides is 1. The van der Waals surface area contributed by atoms with Crippen LogP contribution in [0.5, 0.6) is 0 Å². The smallest absolute Gasteiger partial charge is 0.266 e. The number of thiophene rings is 1. The van der Waals surface area contributed by atoms with Crippen LogP contribution in [0.15, 0.2) is 45.6 Å². The number of piperidine rings is 1. The highest BCUT2D eigenvalue weighted by atomic mass is 35.5. The van der Waals surface area contributed by atoms with E-state index in [1.54, 1.807) is 6.07 Å². The predicted octanol–water partition coefficient (Wildman–Crippen LogP) is 4.12. The van der Waals surface area contributed by atoms with Crippen molar-refractivity contribution in [2.24, 2.45) is 4.99 Å². The summed E-state index contributed by atoms with van der Waals surface area (Å²) >= 11 is 8.38. The molecule has 3 aromatic rings. The number of thiazole rings is 1. The van der Waals surface area contributed by atoms with E-state index in [0.717, 1.165) is 28.0 Å². The maximum Gasteiger partial charge on any atom is 0.266 e. The first kappa shape index (κ1) is 23.6. The van der Waals surface area contributed by atoms with Crippen LogP contribution in [-0.4, -0.2) is 49.0 Å². The Kier molecular flexibility index (Phi) is 7.48. The number of para-hydroxylation sites is 1. The van der Waals surface area contributed by atoms with Crippen LogP contribution in [0.25, 0.3) is 10.2 Å². The van der Waals surface area contributed by atoms with Gasteiger partial charge in [-0.15, -0.1) is 11.3 Å². The minimum atomic E-state index is -3.82. The third kappa shape index (κ3) is 4.85. The van der Waals surface area contributed by atoms with Crippen molar-refractivity contribution >= 4 is 60.4 Å². The predicted molar refractivity (Wildman–Crippen MR) is 128 cm³/mol. The average molecular weight is 514 g/mol. The first-order valence-electron chi connectivity index (χ1n) is 10.4. The third-order valence-electron chi connectivity index (χ3n) is 5.31. The molecule has 3 heterocycles. The summed E-state index contributed by atoms with van der Waals surface area (Å²) in [6.45, 7) is 3.90. The highest BCUT2D eigenvalue weighted by Gasteiger charge is 2.38. The van der Waals surface area contributed by atoms with E-state index in [4.69, 9.17) is 16.3 Å². The standard InChI is InChI=1S/C21H24ClN3O4S3/c1-2-29-14-13-24-15-7-3-4-9-17(15)30-21(24)23-20(26)16-8-5-6-12-25(16)32(27,28)19-11-10-18(22)31-19/h3-4,7,9-11,16H,2,5-6,8,12-14H2,1H3. The van der Waals surface area contributed by atoms with E-state index < -0.39 is 22.0 Å². The van der Waals surface area contributed by atoms with E-state index in [9.17, 15) is 13.2 Å². The van der Waals surface area contributed by atoms with Gasteiger partial charge in [0, 0.05) is 19.7 Å². The molecule has 7 nitrogen and oxygen atoms in total. The number of aromatic nitrogens is 1. The summed E-state index contributed by atoms with van der Waals surface area (Å²) in [5, 5.41) is 0. The molecule has 0 N–H and O–H groups in total. The summed E-state index contributed by atoms with van der Waals surface area (Å²) in [5.41, 5.74) is 0.977. The second-order valence-electron chi connectivity index (χ2n) is 7.34. The molecule has 1 aliphatic rings. The van der Waals surface area contributed by atoms with E-state index in [1.165, 1.54) is 21.7 Å². The Labute approximate surface area is 200 Å².